The second-order valence-corrected chi connectivity index (χ2v) is 6.03. The van der Waals surface area contributed by atoms with Crippen molar-refractivity contribution in [2.75, 3.05) is 5.32 Å². The van der Waals surface area contributed by atoms with Crippen LogP contribution in [0.15, 0.2) is 22.7 Å². The van der Waals surface area contributed by atoms with Crippen molar-refractivity contribution in [2.24, 2.45) is 12.8 Å². The fraction of sp³-hybridized carbons (Fsp3) is 0.214. The van der Waals surface area contributed by atoms with Gasteiger partial charge in [0.05, 0.1) is 16.9 Å². The molecule has 1 heterocycles. The number of anilines is 1. The third kappa shape index (κ3) is 3.14. The van der Waals surface area contributed by atoms with Gasteiger partial charge in [0.15, 0.2) is 0 Å². The molecule has 7 heteroatoms. The summed E-state index contributed by atoms with van der Waals surface area (Å²) in [6, 6.07) is 5.36. The molecule has 1 amide bonds. The van der Waals surface area contributed by atoms with Crippen molar-refractivity contribution in [1.82, 2.24) is 9.78 Å². The molecule has 110 valence electrons. The van der Waals surface area contributed by atoms with Crippen LogP contribution in [-0.4, -0.2) is 20.7 Å². The van der Waals surface area contributed by atoms with Crippen LogP contribution in [0.5, 0.6) is 0 Å². The summed E-state index contributed by atoms with van der Waals surface area (Å²) in [5.74, 6) is -0.228. The molecule has 2 aromatic rings. The first-order valence-electron chi connectivity index (χ1n) is 6.22. The molecule has 0 radical (unpaired) electrons. The van der Waals surface area contributed by atoms with Crippen LogP contribution in [0.3, 0.4) is 0 Å². The highest BCUT2D eigenvalue weighted by molar-refractivity contribution is 9.10. The van der Waals surface area contributed by atoms with Crippen LogP contribution >= 0.6 is 28.1 Å². The zero-order chi connectivity index (χ0) is 15.7. The van der Waals surface area contributed by atoms with E-state index in [9.17, 15) is 4.79 Å². The van der Waals surface area contributed by atoms with E-state index < -0.39 is 0 Å². The molecule has 3 N–H and O–H groups in total. The van der Waals surface area contributed by atoms with E-state index >= 15 is 0 Å². The lowest BCUT2D eigenvalue weighted by Crippen LogP contribution is -2.18. The number of hydrogen-bond donors (Lipinski definition) is 2. The van der Waals surface area contributed by atoms with Crippen molar-refractivity contribution < 1.29 is 4.79 Å². The molecule has 0 fully saturated rings. The van der Waals surface area contributed by atoms with Gasteiger partial charge in [0, 0.05) is 22.8 Å². The molecule has 0 bridgehead atoms. The number of hydrogen-bond acceptors (Lipinski definition) is 3. The number of nitrogens with two attached hydrogens (primary N) is 1. The summed E-state index contributed by atoms with van der Waals surface area (Å²) in [6.45, 7) is 3.65. The zero-order valence-electron chi connectivity index (χ0n) is 11.9. The third-order valence-corrected chi connectivity index (χ3v) is 3.94. The predicted octanol–water partition coefficient (Wildman–Crippen LogP) is 2.69. The number of aryl methyl sites for hydroxylation is 2. The normalized spacial score (nSPS) is 10.5. The number of carbonyl (C=O) groups excluding carboxylic acids is 1. The van der Waals surface area contributed by atoms with Gasteiger partial charge in [-0.05, 0) is 32.0 Å². The van der Waals surface area contributed by atoms with E-state index in [2.05, 4.69) is 26.3 Å². The molecule has 21 heavy (non-hydrogen) atoms. The number of aromatic nitrogens is 2. The molecule has 0 atom stereocenters. The van der Waals surface area contributed by atoms with E-state index in [-0.39, 0.29) is 10.9 Å². The van der Waals surface area contributed by atoms with Crippen LogP contribution in [0.2, 0.25) is 0 Å². The Morgan fingerprint density at radius 1 is 1.43 bits per heavy atom. The van der Waals surface area contributed by atoms with Crippen molar-refractivity contribution in [3.8, 4) is 0 Å². The molecule has 1 aromatic heterocycles. The minimum Gasteiger partial charge on any atom is -0.389 e. The van der Waals surface area contributed by atoms with Crippen LogP contribution in [0.25, 0.3) is 0 Å². The Kier molecular flexibility index (Phi) is 4.43. The summed E-state index contributed by atoms with van der Waals surface area (Å²) in [5, 5.41) is 7.10. The van der Waals surface area contributed by atoms with Gasteiger partial charge in [0.25, 0.3) is 5.91 Å². The lowest BCUT2D eigenvalue weighted by Gasteiger charge is -2.11. The Labute approximate surface area is 136 Å². The van der Waals surface area contributed by atoms with Crippen molar-refractivity contribution in [1.29, 1.82) is 0 Å². The highest BCUT2D eigenvalue weighted by Crippen LogP contribution is 2.23. The number of carbonyl (C=O) groups is 1. The Bertz CT molecular complexity index is 739. The van der Waals surface area contributed by atoms with E-state index in [1.54, 1.807) is 30.8 Å². The maximum Gasteiger partial charge on any atom is 0.259 e. The SMILES string of the molecule is Cc1nn(C)c(C)c1C(=O)Nc1cc(Br)ccc1C(N)=S. The monoisotopic (exact) mass is 366 g/mol. The quantitative estimate of drug-likeness (QED) is 0.819. The summed E-state index contributed by atoms with van der Waals surface area (Å²) in [4.78, 5) is 12.7. The molecule has 5 nitrogen and oxygen atoms in total. The lowest BCUT2D eigenvalue weighted by atomic mass is 10.1. The number of halogens is 1. The van der Waals surface area contributed by atoms with Gasteiger partial charge in [-0.1, -0.05) is 28.1 Å². The highest BCUT2D eigenvalue weighted by Gasteiger charge is 2.18. The van der Waals surface area contributed by atoms with Crippen LogP contribution in [0.1, 0.15) is 27.3 Å². The molecule has 0 saturated heterocycles. The number of rotatable bonds is 3. The number of amides is 1. The maximum atomic E-state index is 12.5. The largest absolute Gasteiger partial charge is 0.389 e. The van der Waals surface area contributed by atoms with E-state index in [4.69, 9.17) is 18.0 Å². The first kappa shape index (κ1) is 15.7. The summed E-state index contributed by atoms with van der Waals surface area (Å²) < 4.78 is 2.51. The minimum atomic E-state index is -0.228. The van der Waals surface area contributed by atoms with Crippen LogP contribution in [0.4, 0.5) is 5.69 Å². The van der Waals surface area contributed by atoms with Crippen molar-refractivity contribution in [2.45, 2.75) is 13.8 Å². The molecule has 1 aromatic carbocycles. The maximum absolute atomic E-state index is 12.5. The van der Waals surface area contributed by atoms with Crippen LogP contribution in [0, 0.1) is 13.8 Å². The van der Waals surface area contributed by atoms with Gasteiger partial charge in [-0.15, -0.1) is 0 Å². The van der Waals surface area contributed by atoms with Crippen molar-refractivity contribution >= 4 is 44.7 Å². The fourth-order valence-corrected chi connectivity index (χ4v) is 2.66. The summed E-state index contributed by atoms with van der Waals surface area (Å²) >= 11 is 8.39. The van der Waals surface area contributed by atoms with Gasteiger partial charge in [-0.3, -0.25) is 9.48 Å². The second kappa shape index (κ2) is 5.95. The van der Waals surface area contributed by atoms with E-state index in [1.165, 1.54) is 0 Å². The molecule has 0 saturated carbocycles. The topological polar surface area (TPSA) is 72.9 Å². The van der Waals surface area contributed by atoms with Crippen LogP contribution in [-0.2, 0) is 7.05 Å². The summed E-state index contributed by atoms with van der Waals surface area (Å²) in [5.41, 5.74) is 8.93. The lowest BCUT2D eigenvalue weighted by molar-refractivity contribution is 0.102. The Morgan fingerprint density at radius 3 is 2.62 bits per heavy atom. The smallest absolute Gasteiger partial charge is 0.259 e. The molecular formula is C14H15BrN4OS. The standard InChI is InChI=1S/C14H15BrN4OS/c1-7-12(8(2)19(3)18-7)14(20)17-11-6-9(15)4-5-10(11)13(16)21/h4-6H,1-3H3,(H2,16,21)(H,17,20). The van der Waals surface area contributed by atoms with E-state index in [0.717, 1.165) is 10.2 Å². The second-order valence-electron chi connectivity index (χ2n) is 4.68. The molecule has 0 aliphatic carbocycles. The average molecular weight is 367 g/mol. The fourth-order valence-electron chi connectivity index (χ4n) is 2.12. The molecular weight excluding hydrogens is 352 g/mol. The summed E-state index contributed by atoms with van der Waals surface area (Å²) in [7, 11) is 1.80. The number of nitrogens with one attached hydrogen (secondary N) is 1. The van der Waals surface area contributed by atoms with E-state index in [0.29, 0.717) is 22.5 Å². The number of thiocarbonyl (C=S) groups is 1. The average Bonchev–Trinajstić information content (AvgIpc) is 2.62. The third-order valence-electron chi connectivity index (χ3n) is 3.23. The van der Waals surface area contributed by atoms with Gasteiger partial charge in [0.1, 0.15) is 4.99 Å². The zero-order valence-corrected chi connectivity index (χ0v) is 14.3. The molecule has 0 spiro atoms. The van der Waals surface area contributed by atoms with E-state index in [1.807, 2.05) is 13.0 Å². The number of benzene rings is 1. The van der Waals surface area contributed by atoms with Gasteiger partial charge >= 0.3 is 0 Å². The Hall–Kier alpha value is -1.73. The first-order chi connectivity index (χ1) is 9.81. The van der Waals surface area contributed by atoms with Gasteiger partial charge < -0.3 is 11.1 Å². The van der Waals surface area contributed by atoms with Gasteiger partial charge in [0.2, 0.25) is 0 Å². The number of nitrogens with zero attached hydrogens (tertiary/aromatic N) is 2. The molecule has 0 aliphatic rings. The van der Waals surface area contributed by atoms with Crippen molar-refractivity contribution in [3.63, 3.8) is 0 Å². The molecule has 0 unspecified atom stereocenters. The first-order valence-corrected chi connectivity index (χ1v) is 7.42. The predicted molar refractivity (Wildman–Crippen MR) is 90.7 cm³/mol. The molecule has 2 rings (SSSR count). The van der Waals surface area contributed by atoms with Crippen LogP contribution < -0.4 is 11.1 Å². The summed E-state index contributed by atoms with van der Waals surface area (Å²) in [6.07, 6.45) is 0. The molecule has 0 aliphatic heterocycles. The van der Waals surface area contributed by atoms with Gasteiger partial charge in [-0.25, -0.2) is 0 Å². The Morgan fingerprint density at radius 2 is 2.10 bits per heavy atom. The van der Waals surface area contributed by atoms with Crippen molar-refractivity contribution in [3.05, 3.63) is 45.2 Å². The Balaban J connectivity index is 2.40. The highest BCUT2D eigenvalue weighted by atomic mass is 79.9. The van der Waals surface area contributed by atoms with Gasteiger partial charge in [-0.2, -0.15) is 5.10 Å². The minimum absolute atomic E-state index is 0.228.